The van der Waals surface area contributed by atoms with Crippen molar-refractivity contribution in [3.63, 3.8) is 0 Å². The standard InChI is InChI=1S/C31H46N2O8/c1-19(8-11-26-20(2)14-25(22(4)40-26)33-28(35)13-10-21(3)38-18-34)9-12-27-30(37)31(17-39-31)16-24(41-27)15-29(36)32-23-6-5-7-23/h8-10,12-13,18,20-27,30,37H,5-7,11,14-17H2,1-4H3,(H,32,36)(H,33,35)/b12-9+,13-10-,19-8+/t20?,21?,22?,24-,25?,26?,27?,30-,31?/m1/s1. The Morgan fingerprint density at radius 1 is 1.17 bits per heavy atom. The van der Waals surface area contributed by atoms with Gasteiger partial charge < -0.3 is 34.7 Å². The highest BCUT2D eigenvalue weighted by Crippen LogP contribution is 2.43. The predicted molar refractivity (Wildman–Crippen MR) is 152 cm³/mol. The minimum Gasteiger partial charge on any atom is -0.461 e. The second-order valence-corrected chi connectivity index (χ2v) is 12.2. The molecule has 1 aliphatic carbocycles. The van der Waals surface area contributed by atoms with Gasteiger partial charge in [-0.15, -0.1) is 0 Å². The van der Waals surface area contributed by atoms with E-state index >= 15 is 0 Å². The molecule has 9 atom stereocenters. The Kier molecular flexibility index (Phi) is 10.8. The van der Waals surface area contributed by atoms with Gasteiger partial charge in [-0.3, -0.25) is 14.4 Å². The van der Waals surface area contributed by atoms with Crippen molar-refractivity contribution in [3.8, 4) is 0 Å². The Hall–Kier alpha value is -2.53. The van der Waals surface area contributed by atoms with E-state index in [4.69, 9.17) is 18.9 Å². The first-order chi connectivity index (χ1) is 19.6. The predicted octanol–water partition coefficient (Wildman–Crippen LogP) is 2.64. The van der Waals surface area contributed by atoms with Gasteiger partial charge in [0.05, 0.1) is 37.4 Å². The van der Waals surface area contributed by atoms with Gasteiger partial charge in [0.1, 0.15) is 23.9 Å². The molecule has 4 fully saturated rings. The lowest BCUT2D eigenvalue weighted by atomic mass is 9.87. The minimum atomic E-state index is -0.775. The van der Waals surface area contributed by atoms with Gasteiger partial charge in [-0.1, -0.05) is 30.7 Å². The molecule has 4 rings (SSSR count). The van der Waals surface area contributed by atoms with Gasteiger partial charge in [0, 0.05) is 18.5 Å². The normalized spacial score (nSPS) is 36.6. The lowest BCUT2D eigenvalue weighted by Gasteiger charge is -2.39. The van der Waals surface area contributed by atoms with Crippen LogP contribution in [0.1, 0.15) is 72.6 Å². The summed E-state index contributed by atoms with van der Waals surface area (Å²) in [7, 11) is 0. The fourth-order valence-corrected chi connectivity index (χ4v) is 5.76. The number of hydrogen-bond donors (Lipinski definition) is 3. The molecule has 1 saturated carbocycles. The van der Waals surface area contributed by atoms with E-state index in [-0.39, 0.29) is 54.5 Å². The van der Waals surface area contributed by atoms with Crippen molar-refractivity contribution in [2.75, 3.05) is 6.61 Å². The molecule has 4 aliphatic rings. The zero-order valence-corrected chi connectivity index (χ0v) is 24.6. The van der Waals surface area contributed by atoms with Crippen LogP contribution in [0.3, 0.4) is 0 Å². The highest BCUT2D eigenvalue weighted by atomic mass is 16.6. The van der Waals surface area contributed by atoms with E-state index in [0.717, 1.165) is 31.3 Å². The average molecular weight is 575 g/mol. The minimum absolute atomic E-state index is 0.00131. The van der Waals surface area contributed by atoms with Crippen molar-refractivity contribution in [2.24, 2.45) is 5.92 Å². The van der Waals surface area contributed by atoms with Gasteiger partial charge in [0.2, 0.25) is 11.8 Å². The molecule has 0 aromatic heterocycles. The molecular formula is C31H46N2O8. The maximum atomic E-state index is 12.5. The third-order valence-corrected chi connectivity index (χ3v) is 8.73. The summed E-state index contributed by atoms with van der Waals surface area (Å²) in [5.41, 5.74) is 0.406. The number of nitrogens with one attached hydrogen (secondary N) is 2. The van der Waals surface area contributed by atoms with Crippen LogP contribution < -0.4 is 10.6 Å². The largest absolute Gasteiger partial charge is 0.461 e. The summed E-state index contributed by atoms with van der Waals surface area (Å²) < 4.78 is 22.8. The number of hydrogen-bond acceptors (Lipinski definition) is 8. The van der Waals surface area contributed by atoms with Crippen molar-refractivity contribution in [1.82, 2.24) is 10.6 Å². The summed E-state index contributed by atoms with van der Waals surface area (Å²) >= 11 is 0. The van der Waals surface area contributed by atoms with E-state index in [1.807, 2.05) is 26.0 Å². The van der Waals surface area contributed by atoms with E-state index < -0.39 is 23.9 Å². The summed E-state index contributed by atoms with van der Waals surface area (Å²) in [4.78, 5) is 35.2. The summed E-state index contributed by atoms with van der Waals surface area (Å²) in [6.45, 7) is 8.60. The lowest BCUT2D eigenvalue weighted by molar-refractivity contribution is -0.146. The van der Waals surface area contributed by atoms with Crippen molar-refractivity contribution in [1.29, 1.82) is 0 Å². The molecule has 0 radical (unpaired) electrons. The second kappa shape index (κ2) is 14.1. The van der Waals surface area contributed by atoms with Crippen molar-refractivity contribution >= 4 is 18.3 Å². The van der Waals surface area contributed by atoms with Crippen LogP contribution >= 0.6 is 0 Å². The first-order valence-corrected chi connectivity index (χ1v) is 14.9. The van der Waals surface area contributed by atoms with Gasteiger partial charge in [-0.05, 0) is 64.9 Å². The van der Waals surface area contributed by atoms with Crippen LogP contribution in [0.25, 0.3) is 0 Å². The van der Waals surface area contributed by atoms with Crippen LogP contribution in [0.4, 0.5) is 0 Å². The molecule has 3 saturated heterocycles. The Morgan fingerprint density at radius 3 is 2.59 bits per heavy atom. The number of epoxide rings is 1. The number of allylic oxidation sites excluding steroid dienone is 2. The Morgan fingerprint density at radius 2 is 1.93 bits per heavy atom. The third-order valence-electron chi connectivity index (χ3n) is 8.73. The average Bonchev–Trinajstić information content (AvgIpc) is 3.67. The number of amides is 2. The molecule has 2 amide bonds. The fourth-order valence-electron chi connectivity index (χ4n) is 5.76. The molecule has 7 unspecified atom stereocenters. The van der Waals surface area contributed by atoms with Crippen molar-refractivity contribution in [3.05, 3.63) is 36.0 Å². The van der Waals surface area contributed by atoms with Gasteiger partial charge in [0.25, 0.3) is 6.47 Å². The number of rotatable bonds is 12. The summed E-state index contributed by atoms with van der Waals surface area (Å²) in [5, 5.41) is 16.9. The molecule has 1 spiro atoms. The van der Waals surface area contributed by atoms with E-state index in [1.165, 1.54) is 12.2 Å². The number of carbonyl (C=O) groups excluding carboxylic acids is 3. The molecule has 10 nitrogen and oxygen atoms in total. The SMILES string of the molecule is CC(/C=C/C1O[C@H](CC(=O)NC2CCC2)CC2(CO2)[C@@H]1O)=C\CC1OC(C)C(NC(=O)/C=C\C(C)OC=O)CC1C. The zero-order valence-electron chi connectivity index (χ0n) is 24.6. The van der Waals surface area contributed by atoms with E-state index in [1.54, 1.807) is 6.92 Å². The van der Waals surface area contributed by atoms with Crippen LogP contribution in [-0.2, 0) is 33.3 Å². The van der Waals surface area contributed by atoms with Crippen molar-refractivity contribution in [2.45, 2.75) is 127 Å². The summed E-state index contributed by atoms with van der Waals surface area (Å²) in [5.74, 6) is -0.0170. The monoisotopic (exact) mass is 574 g/mol. The Labute approximate surface area is 242 Å². The fraction of sp³-hybridized carbons (Fsp3) is 0.710. The van der Waals surface area contributed by atoms with Crippen LogP contribution in [-0.4, -0.2) is 84.3 Å². The lowest BCUT2D eigenvalue weighted by Crippen LogP contribution is -2.51. The molecule has 3 N–H and O–H groups in total. The van der Waals surface area contributed by atoms with Crippen LogP contribution in [0.15, 0.2) is 36.0 Å². The van der Waals surface area contributed by atoms with Gasteiger partial charge in [-0.25, -0.2) is 0 Å². The van der Waals surface area contributed by atoms with E-state index in [2.05, 4.69) is 23.6 Å². The Bertz CT molecular complexity index is 1020. The topological polar surface area (TPSA) is 136 Å². The van der Waals surface area contributed by atoms with Gasteiger partial charge in [-0.2, -0.15) is 0 Å². The van der Waals surface area contributed by atoms with Crippen molar-refractivity contribution < 1.29 is 38.4 Å². The molecule has 3 aliphatic heterocycles. The smallest absolute Gasteiger partial charge is 0.293 e. The van der Waals surface area contributed by atoms with Gasteiger partial charge >= 0.3 is 0 Å². The number of aliphatic hydroxyl groups excluding tert-OH is 1. The maximum Gasteiger partial charge on any atom is 0.293 e. The Balaban J connectivity index is 1.25. The number of ether oxygens (including phenoxy) is 4. The number of aliphatic hydroxyl groups is 1. The van der Waals surface area contributed by atoms with Crippen LogP contribution in [0, 0.1) is 5.92 Å². The quantitative estimate of drug-likeness (QED) is 0.140. The third kappa shape index (κ3) is 8.73. The molecule has 41 heavy (non-hydrogen) atoms. The molecule has 3 heterocycles. The zero-order chi connectivity index (χ0) is 29.6. The summed E-state index contributed by atoms with van der Waals surface area (Å²) in [6.07, 6.45) is 12.1. The van der Waals surface area contributed by atoms with E-state index in [0.29, 0.717) is 25.9 Å². The van der Waals surface area contributed by atoms with Gasteiger partial charge in [0.15, 0.2) is 0 Å². The first kappa shape index (κ1) is 31.4. The molecular weight excluding hydrogens is 528 g/mol. The summed E-state index contributed by atoms with van der Waals surface area (Å²) in [6, 6.07) is 0.174. The molecule has 0 aromatic carbocycles. The first-order valence-electron chi connectivity index (χ1n) is 14.9. The molecule has 10 heteroatoms. The maximum absolute atomic E-state index is 12.5. The van der Waals surface area contributed by atoms with Crippen LogP contribution in [0.2, 0.25) is 0 Å². The highest BCUT2D eigenvalue weighted by molar-refractivity contribution is 5.87. The molecule has 0 bridgehead atoms. The van der Waals surface area contributed by atoms with E-state index in [9.17, 15) is 19.5 Å². The van der Waals surface area contributed by atoms with Crippen LogP contribution in [0.5, 0.6) is 0 Å². The molecule has 228 valence electrons. The molecule has 0 aromatic rings. The second-order valence-electron chi connectivity index (χ2n) is 12.2. The highest BCUT2D eigenvalue weighted by Gasteiger charge is 2.58. The number of carbonyl (C=O) groups is 3.